The molecule has 1 aliphatic carbocycles. The van der Waals surface area contributed by atoms with Gasteiger partial charge in [0, 0.05) is 18.0 Å². The van der Waals surface area contributed by atoms with Crippen LogP contribution in [0.25, 0.3) is 11.3 Å². The van der Waals surface area contributed by atoms with Gasteiger partial charge in [0.05, 0.1) is 29.2 Å². The number of hydrogen-bond acceptors (Lipinski definition) is 5. The third-order valence-electron chi connectivity index (χ3n) is 3.94. The Kier molecular flexibility index (Phi) is 3.64. The molecule has 1 aliphatic rings. The van der Waals surface area contributed by atoms with Crippen LogP contribution in [0.4, 0.5) is 16.0 Å². The number of nitrogens with one attached hydrogen (secondary N) is 1. The van der Waals surface area contributed by atoms with Crippen LogP contribution in [0.2, 0.25) is 0 Å². The van der Waals surface area contributed by atoms with Crippen LogP contribution in [0.1, 0.15) is 29.2 Å². The SMILES string of the molecule is O=C(O)c1cccc(-c2ccnc(Nc3cnn(C4CC4)c3)n2)c1F. The Labute approximate surface area is 142 Å². The molecule has 0 aliphatic heterocycles. The van der Waals surface area contributed by atoms with Gasteiger partial charge in [-0.25, -0.2) is 19.2 Å². The first-order valence-electron chi connectivity index (χ1n) is 7.78. The van der Waals surface area contributed by atoms with Crippen molar-refractivity contribution in [2.45, 2.75) is 18.9 Å². The fourth-order valence-electron chi connectivity index (χ4n) is 2.53. The number of hydrogen-bond donors (Lipinski definition) is 2. The Balaban J connectivity index is 1.63. The first kappa shape index (κ1) is 15.3. The molecule has 3 aromatic rings. The highest BCUT2D eigenvalue weighted by Crippen LogP contribution is 2.34. The summed E-state index contributed by atoms with van der Waals surface area (Å²) in [6, 6.07) is 6.18. The number of carbonyl (C=O) groups is 1. The molecule has 0 radical (unpaired) electrons. The highest BCUT2D eigenvalue weighted by Gasteiger charge is 2.24. The Bertz CT molecular complexity index is 952. The predicted octanol–water partition coefficient (Wildman–Crippen LogP) is 3.26. The van der Waals surface area contributed by atoms with E-state index in [0.29, 0.717) is 11.7 Å². The fourth-order valence-corrected chi connectivity index (χ4v) is 2.53. The zero-order chi connectivity index (χ0) is 17.4. The molecule has 1 fully saturated rings. The number of aromatic nitrogens is 4. The third kappa shape index (κ3) is 3.06. The Morgan fingerprint density at radius 1 is 1.32 bits per heavy atom. The minimum absolute atomic E-state index is 0.110. The van der Waals surface area contributed by atoms with Crippen molar-refractivity contribution < 1.29 is 14.3 Å². The van der Waals surface area contributed by atoms with Gasteiger partial charge < -0.3 is 10.4 Å². The molecule has 0 amide bonds. The van der Waals surface area contributed by atoms with Crippen molar-refractivity contribution in [1.29, 1.82) is 0 Å². The first-order chi connectivity index (χ1) is 12.1. The van der Waals surface area contributed by atoms with Crippen LogP contribution in [0.5, 0.6) is 0 Å². The molecule has 126 valence electrons. The van der Waals surface area contributed by atoms with Crippen LogP contribution in [-0.2, 0) is 0 Å². The largest absolute Gasteiger partial charge is 0.478 e. The van der Waals surface area contributed by atoms with E-state index >= 15 is 0 Å². The number of nitrogens with zero attached hydrogens (tertiary/aromatic N) is 4. The lowest BCUT2D eigenvalue weighted by Crippen LogP contribution is -2.03. The average molecular weight is 339 g/mol. The summed E-state index contributed by atoms with van der Waals surface area (Å²) in [5.74, 6) is -1.85. The van der Waals surface area contributed by atoms with Gasteiger partial charge in [-0.3, -0.25) is 4.68 Å². The maximum Gasteiger partial charge on any atom is 0.338 e. The summed E-state index contributed by atoms with van der Waals surface area (Å²) in [6.07, 6.45) is 7.31. The minimum Gasteiger partial charge on any atom is -0.478 e. The van der Waals surface area contributed by atoms with E-state index in [1.807, 2.05) is 10.9 Å². The van der Waals surface area contributed by atoms with Crippen molar-refractivity contribution in [1.82, 2.24) is 19.7 Å². The molecular formula is C17H14FN5O2. The minimum atomic E-state index is -1.32. The van der Waals surface area contributed by atoms with Gasteiger partial charge in [-0.05, 0) is 31.0 Å². The molecule has 2 N–H and O–H groups in total. The Morgan fingerprint density at radius 2 is 2.16 bits per heavy atom. The van der Waals surface area contributed by atoms with Crippen molar-refractivity contribution in [2.24, 2.45) is 0 Å². The van der Waals surface area contributed by atoms with Crippen LogP contribution in [0, 0.1) is 5.82 Å². The molecule has 0 bridgehead atoms. The Hall–Kier alpha value is -3.29. The van der Waals surface area contributed by atoms with E-state index in [2.05, 4.69) is 20.4 Å². The maximum atomic E-state index is 14.4. The predicted molar refractivity (Wildman–Crippen MR) is 88.2 cm³/mol. The highest BCUT2D eigenvalue weighted by molar-refractivity contribution is 5.89. The lowest BCUT2D eigenvalue weighted by molar-refractivity contribution is 0.0692. The highest BCUT2D eigenvalue weighted by atomic mass is 19.1. The van der Waals surface area contributed by atoms with Crippen LogP contribution < -0.4 is 5.32 Å². The molecule has 0 saturated heterocycles. The number of halogens is 1. The number of aromatic carboxylic acids is 1. The second kappa shape index (κ2) is 5.97. The van der Waals surface area contributed by atoms with Gasteiger partial charge in [-0.1, -0.05) is 6.07 Å². The van der Waals surface area contributed by atoms with Gasteiger partial charge in [-0.15, -0.1) is 0 Å². The van der Waals surface area contributed by atoms with Crippen molar-refractivity contribution in [3.05, 3.63) is 54.2 Å². The topological polar surface area (TPSA) is 92.9 Å². The maximum absolute atomic E-state index is 14.4. The van der Waals surface area contributed by atoms with Crippen LogP contribution >= 0.6 is 0 Å². The molecule has 25 heavy (non-hydrogen) atoms. The van der Waals surface area contributed by atoms with E-state index < -0.39 is 17.3 Å². The summed E-state index contributed by atoms with van der Waals surface area (Å²) >= 11 is 0. The van der Waals surface area contributed by atoms with Gasteiger partial charge in [-0.2, -0.15) is 5.10 Å². The summed E-state index contributed by atoms with van der Waals surface area (Å²) in [7, 11) is 0. The summed E-state index contributed by atoms with van der Waals surface area (Å²) < 4.78 is 16.3. The molecule has 0 spiro atoms. The van der Waals surface area contributed by atoms with Gasteiger partial charge in [0.25, 0.3) is 0 Å². The second-order valence-corrected chi connectivity index (χ2v) is 5.80. The van der Waals surface area contributed by atoms with E-state index in [4.69, 9.17) is 5.11 Å². The Morgan fingerprint density at radius 3 is 2.92 bits per heavy atom. The number of carboxylic acids is 1. The molecule has 1 aromatic carbocycles. The molecular weight excluding hydrogens is 325 g/mol. The van der Waals surface area contributed by atoms with E-state index in [-0.39, 0.29) is 11.5 Å². The number of anilines is 2. The molecule has 0 unspecified atom stereocenters. The third-order valence-corrected chi connectivity index (χ3v) is 3.94. The summed E-state index contributed by atoms with van der Waals surface area (Å²) in [5.41, 5.74) is 0.756. The molecule has 8 heteroatoms. The van der Waals surface area contributed by atoms with Gasteiger partial charge in [0.1, 0.15) is 5.82 Å². The summed E-state index contributed by atoms with van der Waals surface area (Å²) in [4.78, 5) is 19.5. The van der Waals surface area contributed by atoms with Crippen molar-refractivity contribution in [2.75, 3.05) is 5.32 Å². The lowest BCUT2D eigenvalue weighted by atomic mass is 10.1. The van der Waals surface area contributed by atoms with Crippen molar-refractivity contribution >= 4 is 17.6 Å². The lowest BCUT2D eigenvalue weighted by Gasteiger charge is -2.07. The van der Waals surface area contributed by atoms with E-state index in [9.17, 15) is 9.18 Å². The molecule has 2 aromatic heterocycles. The second-order valence-electron chi connectivity index (χ2n) is 5.80. The number of carboxylic acid groups (broad SMARTS) is 1. The number of rotatable bonds is 5. The normalized spacial score (nSPS) is 13.6. The average Bonchev–Trinajstić information content (AvgIpc) is 3.35. The molecule has 2 heterocycles. The molecule has 1 saturated carbocycles. The van der Waals surface area contributed by atoms with Gasteiger partial charge >= 0.3 is 5.97 Å². The van der Waals surface area contributed by atoms with E-state index in [1.165, 1.54) is 30.5 Å². The first-order valence-corrected chi connectivity index (χ1v) is 7.78. The fraction of sp³-hybridized carbons (Fsp3) is 0.176. The van der Waals surface area contributed by atoms with E-state index in [1.54, 1.807) is 6.20 Å². The standard InChI is InChI=1S/C17H14FN5O2/c18-15-12(2-1-3-13(15)16(24)25)14-6-7-19-17(22-14)21-10-8-20-23(9-10)11-4-5-11/h1-3,6-9,11H,4-5H2,(H,24,25)(H,19,21,22). The van der Waals surface area contributed by atoms with Crippen LogP contribution in [0.15, 0.2) is 42.9 Å². The van der Waals surface area contributed by atoms with Gasteiger partial charge in [0.2, 0.25) is 5.95 Å². The summed E-state index contributed by atoms with van der Waals surface area (Å²) in [5, 5.41) is 16.3. The van der Waals surface area contributed by atoms with Crippen molar-refractivity contribution in [3.8, 4) is 11.3 Å². The molecule has 4 rings (SSSR count). The quantitative estimate of drug-likeness (QED) is 0.741. The van der Waals surface area contributed by atoms with Crippen LogP contribution in [0.3, 0.4) is 0 Å². The van der Waals surface area contributed by atoms with Crippen molar-refractivity contribution in [3.63, 3.8) is 0 Å². The van der Waals surface area contributed by atoms with E-state index in [0.717, 1.165) is 18.5 Å². The summed E-state index contributed by atoms with van der Waals surface area (Å²) in [6.45, 7) is 0. The van der Waals surface area contributed by atoms with Gasteiger partial charge in [0.15, 0.2) is 0 Å². The zero-order valence-corrected chi connectivity index (χ0v) is 13.1. The number of benzene rings is 1. The monoisotopic (exact) mass is 339 g/mol. The molecule has 7 nitrogen and oxygen atoms in total. The van der Waals surface area contributed by atoms with Crippen LogP contribution in [-0.4, -0.2) is 30.8 Å². The smallest absolute Gasteiger partial charge is 0.338 e. The zero-order valence-electron chi connectivity index (χ0n) is 13.1. The molecule has 0 atom stereocenters.